The maximum absolute atomic E-state index is 11.8. The second-order valence-corrected chi connectivity index (χ2v) is 4.04. The normalized spacial score (nSPS) is 19.1. The maximum Gasteiger partial charge on any atom is 0.422 e. The van der Waals surface area contributed by atoms with E-state index in [1.165, 1.54) is 0 Å². The first-order chi connectivity index (χ1) is 7.90. The molecule has 17 heavy (non-hydrogen) atoms. The Bertz CT molecular complexity index is 250. The number of carbonyl (C=O) groups is 1. The summed E-state index contributed by atoms with van der Waals surface area (Å²) in [7, 11) is 0. The fourth-order valence-corrected chi connectivity index (χ4v) is 1.75. The first-order valence-corrected chi connectivity index (χ1v) is 5.63. The lowest BCUT2D eigenvalue weighted by Gasteiger charge is -2.31. The maximum atomic E-state index is 11.8. The van der Waals surface area contributed by atoms with Crippen molar-refractivity contribution in [2.45, 2.75) is 32.0 Å². The number of nitrogens with one attached hydrogen (secondary N) is 1. The lowest BCUT2D eigenvalue weighted by Crippen LogP contribution is -2.45. The minimum atomic E-state index is -4.47. The monoisotopic (exact) mass is 254 g/mol. The van der Waals surface area contributed by atoms with E-state index in [0.717, 1.165) is 32.5 Å². The number of halogens is 3. The Kier molecular flexibility index (Phi) is 5.04. The number of hydrogen-bond acceptors (Lipinski definition) is 3. The zero-order valence-electron chi connectivity index (χ0n) is 9.72. The Hall–Kier alpha value is -0.980. The van der Waals surface area contributed by atoms with E-state index in [2.05, 4.69) is 15.0 Å². The van der Waals surface area contributed by atoms with Crippen molar-refractivity contribution in [1.29, 1.82) is 0 Å². The standard InChI is InChI=1S/C10H17F3N2O2/c1-2-15-5-3-8(4-6-15)14-9(16)17-7-10(11,12)13/h8H,2-7H2,1H3,(H,14,16). The van der Waals surface area contributed by atoms with Crippen LogP contribution < -0.4 is 5.32 Å². The Labute approximate surface area is 98.1 Å². The SMILES string of the molecule is CCN1CCC(NC(=O)OCC(F)(F)F)CC1. The fraction of sp³-hybridized carbons (Fsp3) is 0.900. The molecular weight excluding hydrogens is 237 g/mol. The van der Waals surface area contributed by atoms with E-state index in [9.17, 15) is 18.0 Å². The molecule has 0 aliphatic carbocycles. The van der Waals surface area contributed by atoms with Gasteiger partial charge in [0, 0.05) is 19.1 Å². The molecule has 1 rings (SSSR count). The molecule has 7 heteroatoms. The van der Waals surface area contributed by atoms with Gasteiger partial charge in [0.1, 0.15) is 0 Å². The van der Waals surface area contributed by atoms with Crippen molar-refractivity contribution in [2.24, 2.45) is 0 Å². The van der Waals surface area contributed by atoms with Crippen LogP contribution >= 0.6 is 0 Å². The summed E-state index contributed by atoms with van der Waals surface area (Å²) in [6.45, 7) is 3.16. The van der Waals surface area contributed by atoms with Crippen LogP contribution in [0, 0.1) is 0 Å². The summed E-state index contributed by atoms with van der Waals surface area (Å²) in [6, 6.07) is -0.0847. The molecule has 4 nitrogen and oxygen atoms in total. The van der Waals surface area contributed by atoms with Gasteiger partial charge in [-0.2, -0.15) is 13.2 Å². The van der Waals surface area contributed by atoms with E-state index in [0.29, 0.717) is 0 Å². The van der Waals surface area contributed by atoms with Crippen LogP contribution in [0.25, 0.3) is 0 Å². The van der Waals surface area contributed by atoms with Crippen LogP contribution in [-0.4, -0.2) is 49.5 Å². The summed E-state index contributed by atoms with van der Waals surface area (Å²) < 4.78 is 39.4. The third-order valence-corrected chi connectivity index (χ3v) is 2.72. The fourth-order valence-electron chi connectivity index (χ4n) is 1.75. The van der Waals surface area contributed by atoms with Crippen LogP contribution in [0.1, 0.15) is 19.8 Å². The van der Waals surface area contributed by atoms with E-state index in [1.54, 1.807) is 0 Å². The molecule has 0 radical (unpaired) electrons. The van der Waals surface area contributed by atoms with E-state index in [4.69, 9.17) is 0 Å². The van der Waals surface area contributed by atoms with Crippen molar-refractivity contribution in [3.63, 3.8) is 0 Å². The Balaban J connectivity index is 2.19. The van der Waals surface area contributed by atoms with Gasteiger partial charge in [-0.05, 0) is 19.4 Å². The van der Waals surface area contributed by atoms with Gasteiger partial charge >= 0.3 is 12.3 Å². The number of hydrogen-bond donors (Lipinski definition) is 1. The molecule has 1 N–H and O–H groups in total. The molecule has 0 unspecified atom stereocenters. The Morgan fingerprint density at radius 3 is 2.47 bits per heavy atom. The second kappa shape index (κ2) is 6.09. The summed E-state index contributed by atoms with van der Waals surface area (Å²) in [6.07, 6.45) is -3.97. The van der Waals surface area contributed by atoms with Crippen LogP contribution in [0.15, 0.2) is 0 Å². The minimum absolute atomic E-state index is 0.0847. The largest absolute Gasteiger partial charge is 0.440 e. The summed E-state index contributed by atoms with van der Waals surface area (Å²) in [4.78, 5) is 13.3. The quantitative estimate of drug-likeness (QED) is 0.834. The number of nitrogens with zero attached hydrogens (tertiary/aromatic N) is 1. The average molecular weight is 254 g/mol. The number of carbonyl (C=O) groups excluding carboxylic acids is 1. The van der Waals surface area contributed by atoms with Crippen molar-refractivity contribution in [3.8, 4) is 0 Å². The molecule has 1 aliphatic rings. The summed E-state index contributed by atoms with van der Waals surface area (Å²) in [5, 5.41) is 2.45. The second-order valence-electron chi connectivity index (χ2n) is 4.04. The number of ether oxygens (including phenoxy) is 1. The van der Waals surface area contributed by atoms with Gasteiger partial charge in [-0.1, -0.05) is 6.92 Å². The number of alkyl carbamates (subject to hydrolysis) is 1. The first-order valence-electron chi connectivity index (χ1n) is 5.63. The van der Waals surface area contributed by atoms with Crippen molar-refractivity contribution in [2.75, 3.05) is 26.2 Å². The smallest absolute Gasteiger partial charge is 0.422 e. The summed E-state index contributed by atoms with van der Waals surface area (Å²) in [5.41, 5.74) is 0. The first kappa shape index (κ1) is 14.1. The molecule has 0 aromatic carbocycles. The van der Waals surface area contributed by atoms with Crippen LogP contribution in [0.5, 0.6) is 0 Å². The predicted octanol–water partition coefficient (Wildman–Crippen LogP) is 1.76. The molecule has 0 aromatic heterocycles. The van der Waals surface area contributed by atoms with E-state index < -0.39 is 18.9 Å². The predicted molar refractivity (Wildman–Crippen MR) is 55.7 cm³/mol. The molecule has 1 amide bonds. The number of piperidine rings is 1. The number of likely N-dealkylation sites (tertiary alicyclic amines) is 1. The number of alkyl halides is 3. The zero-order valence-corrected chi connectivity index (χ0v) is 9.72. The van der Waals surface area contributed by atoms with Crippen LogP contribution in [0.4, 0.5) is 18.0 Å². The lowest BCUT2D eigenvalue weighted by molar-refractivity contribution is -0.160. The van der Waals surface area contributed by atoms with Crippen molar-refractivity contribution in [3.05, 3.63) is 0 Å². The molecule has 1 heterocycles. The molecule has 0 bridgehead atoms. The molecule has 0 aromatic rings. The molecule has 1 aliphatic heterocycles. The molecule has 0 spiro atoms. The third-order valence-electron chi connectivity index (χ3n) is 2.72. The van der Waals surface area contributed by atoms with Gasteiger partial charge in [-0.15, -0.1) is 0 Å². The van der Waals surface area contributed by atoms with Gasteiger partial charge in [-0.3, -0.25) is 0 Å². The molecule has 0 atom stereocenters. The van der Waals surface area contributed by atoms with Gasteiger partial charge in [-0.25, -0.2) is 4.79 Å². The zero-order chi connectivity index (χ0) is 12.9. The van der Waals surface area contributed by atoms with Crippen molar-refractivity contribution < 1.29 is 22.7 Å². The highest BCUT2D eigenvalue weighted by Gasteiger charge is 2.30. The molecular formula is C10H17F3N2O2. The lowest BCUT2D eigenvalue weighted by atomic mass is 10.1. The highest BCUT2D eigenvalue weighted by atomic mass is 19.4. The highest BCUT2D eigenvalue weighted by molar-refractivity contribution is 5.67. The Morgan fingerprint density at radius 1 is 1.41 bits per heavy atom. The van der Waals surface area contributed by atoms with Crippen LogP contribution in [0.2, 0.25) is 0 Å². The molecule has 100 valence electrons. The topological polar surface area (TPSA) is 41.6 Å². The van der Waals surface area contributed by atoms with Crippen molar-refractivity contribution in [1.82, 2.24) is 10.2 Å². The average Bonchev–Trinajstić information content (AvgIpc) is 2.27. The number of amides is 1. The summed E-state index contributed by atoms with van der Waals surface area (Å²) >= 11 is 0. The van der Waals surface area contributed by atoms with Crippen LogP contribution in [0.3, 0.4) is 0 Å². The summed E-state index contributed by atoms with van der Waals surface area (Å²) in [5.74, 6) is 0. The molecule has 1 fully saturated rings. The van der Waals surface area contributed by atoms with Gasteiger partial charge in [0.05, 0.1) is 0 Å². The third kappa shape index (κ3) is 5.76. The van der Waals surface area contributed by atoms with E-state index in [1.807, 2.05) is 6.92 Å². The molecule has 0 saturated carbocycles. The van der Waals surface area contributed by atoms with Gasteiger partial charge in [0.2, 0.25) is 0 Å². The van der Waals surface area contributed by atoms with Crippen molar-refractivity contribution >= 4 is 6.09 Å². The van der Waals surface area contributed by atoms with E-state index in [-0.39, 0.29) is 6.04 Å². The molecule has 1 saturated heterocycles. The van der Waals surface area contributed by atoms with Crippen LogP contribution in [-0.2, 0) is 4.74 Å². The minimum Gasteiger partial charge on any atom is -0.440 e. The van der Waals surface area contributed by atoms with Gasteiger partial charge in [0.15, 0.2) is 6.61 Å². The van der Waals surface area contributed by atoms with Gasteiger partial charge in [0.25, 0.3) is 0 Å². The van der Waals surface area contributed by atoms with Gasteiger partial charge < -0.3 is 15.0 Å². The Morgan fingerprint density at radius 2 is 2.00 bits per heavy atom. The van der Waals surface area contributed by atoms with E-state index >= 15 is 0 Å². The highest BCUT2D eigenvalue weighted by Crippen LogP contribution is 2.15. The number of rotatable bonds is 3.